The summed E-state index contributed by atoms with van der Waals surface area (Å²) >= 11 is 0. The Morgan fingerprint density at radius 3 is 2.24 bits per heavy atom. The van der Waals surface area contributed by atoms with Crippen molar-refractivity contribution in [3.63, 3.8) is 0 Å². The first kappa shape index (κ1) is 17.5. The van der Waals surface area contributed by atoms with Crippen molar-refractivity contribution < 1.29 is 4.74 Å². The van der Waals surface area contributed by atoms with Crippen molar-refractivity contribution in [3.8, 4) is 6.01 Å². The minimum absolute atomic E-state index is 0.316. The van der Waals surface area contributed by atoms with Gasteiger partial charge in [-0.05, 0) is 26.2 Å². The Labute approximate surface area is 128 Å². The molecule has 0 aliphatic rings. The first-order valence-corrected chi connectivity index (χ1v) is 8.03. The molecular formula is C15H29N5O. The van der Waals surface area contributed by atoms with Crippen LogP contribution in [0.2, 0.25) is 0 Å². The van der Waals surface area contributed by atoms with Gasteiger partial charge in [-0.15, -0.1) is 0 Å². The first-order valence-electron chi connectivity index (χ1n) is 8.03. The average molecular weight is 295 g/mol. The highest BCUT2D eigenvalue weighted by molar-refractivity contribution is 5.36. The molecule has 1 heterocycles. The van der Waals surface area contributed by atoms with Crippen LogP contribution in [0, 0.1) is 5.92 Å². The molecule has 0 saturated heterocycles. The van der Waals surface area contributed by atoms with Crippen molar-refractivity contribution in [3.05, 3.63) is 0 Å². The Balaban J connectivity index is 2.85. The van der Waals surface area contributed by atoms with Crippen molar-refractivity contribution >= 4 is 11.9 Å². The summed E-state index contributed by atoms with van der Waals surface area (Å²) in [5, 5.41) is 6.49. The lowest BCUT2D eigenvalue weighted by Crippen LogP contribution is -2.26. The quantitative estimate of drug-likeness (QED) is 0.690. The minimum atomic E-state index is 0.316. The molecule has 0 fully saturated rings. The Bertz CT molecular complexity index is 409. The number of aromatic nitrogens is 3. The third-order valence-corrected chi connectivity index (χ3v) is 3.50. The summed E-state index contributed by atoms with van der Waals surface area (Å²) in [5.41, 5.74) is 0. The summed E-state index contributed by atoms with van der Waals surface area (Å²) in [5.74, 6) is 1.73. The van der Waals surface area contributed by atoms with Gasteiger partial charge in [0.15, 0.2) is 0 Å². The average Bonchev–Trinajstić information content (AvgIpc) is 2.46. The monoisotopic (exact) mass is 295 g/mol. The molecule has 0 saturated carbocycles. The molecule has 0 bridgehead atoms. The van der Waals surface area contributed by atoms with Crippen LogP contribution in [0.4, 0.5) is 11.9 Å². The zero-order chi connectivity index (χ0) is 15.7. The lowest BCUT2D eigenvalue weighted by atomic mass is 9.96. The Kier molecular flexibility index (Phi) is 7.79. The zero-order valence-corrected chi connectivity index (χ0v) is 13.9. The second-order valence-electron chi connectivity index (χ2n) is 5.15. The molecule has 1 rings (SSSR count). The fraction of sp³-hybridized carbons (Fsp3) is 0.800. The molecule has 120 valence electrons. The highest BCUT2D eigenvalue weighted by Gasteiger charge is 2.16. The normalized spacial score (nSPS) is 12.3. The number of nitrogens with zero attached hydrogens (tertiary/aromatic N) is 3. The maximum absolute atomic E-state index is 5.54. The predicted octanol–water partition coefficient (Wildman–Crippen LogP) is 3.33. The van der Waals surface area contributed by atoms with Crippen molar-refractivity contribution in [2.75, 3.05) is 23.8 Å². The van der Waals surface area contributed by atoms with E-state index in [2.05, 4.69) is 53.3 Å². The number of anilines is 2. The van der Waals surface area contributed by atoms with Gasteiger partial charge in [0.1, 0.15) is 0 Å². The molecule has 6 nitrogen and oxygen atoms in total. The van der Waals surface area contributed by atoms with E-state index in [1.165, 1.54) is 0 Å². The van der Waals surface area contributed by atoms with Crippen molar-refractivity contribution in [1.82, 2.24) is 15.0 Å². The molecule has 0 radical (unpaired) electrons. The highest BCUT2D eigenvalue weighted by Crippen LogP contribution is 2.18. The van der Waals surface area contributed by atoms with Crippen LogP contribution in [0.1, 0.15) is 53.9 Å². The Morgan fingerprint density at radius 2 is 1.67 bits per heavy atom. The van der Waals surface area contributed by atoms with Crippen LogP contribution in [-0.4, -0.2) is 34.1 Å². The second-order valence-corrected chi connectivity index (χ2v) is 5.15. The van der Waals surface area contributed by atoms with E-state index < -0.39 is 0 Å². The molecule has 0 amide bonds. The van der Waals surface area contributed by atoms with Gasteiger partial charge < -0.3 is 15.4 Å². The van der Waals surface area contributed by atoms with E-state index in [-0.39, 0.29) is 0 Å². The van der Waals surface area contributed by atoms with Crippen LogP contribution >= 0.6 is 0 Å². The molecule has 21 heavy (non-hydrogen) atoms. The maximum Gasteiger partial charge on any atom is 0.323 e. The van der Waals surface area contributed by atoms with Crippen LogP contribution in [-0.2, 0) is 0 Å². The number of nitrogens with one attached hydrogen (secondary N) is 2. The lowest BCUT2D eigenvalue weighted by Gasteiger charge is -2.22. The molecule has 1 unspecified atom stereocenters. The zero-order valence-electron chi connectivity index (χ0n) is 13.9. The molecule has 0 aromatic carbocycles. The van der Waals surface area contributed by atoms with Gasteiger partial charge in [-0.25, -0.2) is 0 Å². The highest BCUT2D eigenvalue weighted by atomic mass is 16.5. The summed E-state index contributed by atoms with van der Waals surface area (Å²) in [6, 6.07) is 0.693. The van der Waals surface area contributed by atoms with E-state index in [1.54, 1.807) is 0 Å². The molecule has 1 aromatic rings. The van der Waals surface area contributed by atoms with Gasteiger partial charge in [-0.1, -0.05) is 33.6 Å². The van der Waals surface area contributed by atoms with Crippen molar-refractivity contribution in [2.24, 2.45) is 5.92 Å². The minimum Gasteiger partial charge on any atom is -0.463 e. The smallest absolute Gasteiger partial charge is 0.323 e. The second kappa shape index (κ2) is 9.37. The van der Waals surface area contributed by atoms with E-state index in [4.69, 9.17) is 4.74 Å². The molecule has 1 atom stereocenters. The lowest BCUT2D eigenvalue weighted by molar-refractivity contribution is 0.292. The van der Waals surface area contributed by atoms with Gasteiger partial charge in [-0.3, -0.25) is 0 Å². The molecule has 1 aromatic heterocycles. The van der Waals surface area contributed by atoms with Crippen LogP contribution in [0.25, 0.3) is 0 Å². The van der Waals surface area contributed by atoms with Gasteiger partial charge in [0.25, 0.3) is 0 Å². The maximum atomic E-state index is 5.54. The molecule has 0 spiro atoms. The van der Waals surface area contributed by atoms with Gasteiger partial charge in [0, 0.05) is 12.6 Å². The first-order chi connectivity index (χ1) is 10.1. The number of rotatable bonds is 10. The summed E-state index contributed by atoms with van der Waals surface area (Å²) in [4.78, 5) is 13.0. The van der Waals surface area contributed by atoms with Crippen LogP contribution < -0.4 is 15.4 Å². The Hall–Kier alpha value is -1.59. The topological polar surface area (TPSA) is 72.0 Å². The summed E-state index contributed by atoms with van der Waals surface area (Å²) in [6.07, 6.45) is 3.19. The molecular weight excluding hydrogens is 266 g/mol. The van der Waals surface area contributed by atoms with Crippen LogP contribution in [0.5, 0.6) is 6.01 Å². The van der Waals surface area contributed by atoms with Gasteiger partial charge >= 0.3 is 6.01 Å². The summed E-state index contributed by atoms with van der Waals surface area (Å²) in [6.45, 7) is 12.0. The Morgan fingerprint density at radius 1 is 1.00 bits per heavy atom. The fourth-order valence-electron chi connectivity index (χ4n) is 2.23. The number of ether oxygens (including phenoxy) is 1. The van der Waals surface area contributed by atoms with Gasteiger partial charge in [-0.2, -0.15) is 15.0 Å². The van der Waals surface area contributed by atoms with Crippen LogP contribution in [0.3, 0.4) is 0 Å². The molecule has 6 heteroatoms. The van der Waals surface area contributed by atoms with E-state index in [1.807, 2.05) is 6.92 Å². The summed E-state index contributed by atoms with van der Waals surface area (Å²) in [7, 11) is 0. The third-order valence-electron chi connectivity index (χ3n) is 3.50. The largest absolute Gasteiger partial charge is 0.463 e. The SMILES string of the molecule is CCCOc1nc(NCC)nc(NC(C)C(CC)CC)n1. The van der Waals surface area contributed by atoms with E-state index in [0.29, 0.717) is 36.5 Å². The molecule has 0 aliphatic carbocycles. The number of hydrogen-bond donors (Lipinski definition) is 2. The van der Waals surface area contributed by atoms with Crippen molar-refractivity contribution in [1.29, 1.82) is 0 Å². The van der Waals surface area contributed by atoms with E-state index in [0.717, 1.165) is 25.8 Å². The third kappa shape index (κ3) is 5.73. The molecule has 0 aliphatic heterocycles. The standard InChI is InChI=1S/C15H29N5O/c1-6-10-21-15-19-13(16-9-4)18-14(20-15)17-11(5)12(7-2)8-3/h11-12H,6-10H2,1-5H3,(H2,16,17,18,19,20). The predicted molar refractivity (Wildman–Crippen MR) is 86.9 cm³/mol. The van der Waals surface area contributed by atoms with E-state index in [9.17, 15) is 0 Å². The number of hydrogen-bond acceptors (Lipinski definition) is 6. The van der Waals surface area contributed by atoms with Crippen LogP contribution in [0.15, 0.2) is 0 Å². The van der Waals surface area contributed by atoms with Gasteiger partial charge in [0.2, 0.25) is 11.9 Å². The van der Waals surface area contributed by atoms with E-state index >= 15 is 0 Å². The fourth-order valence-corrected chi connectivity index (χ4v) is 2.23. The van der Waals surface area contributed by atoms with Crippen molar-refractivity contribution in [2.45, 2.75) is 59.9 Å². The summed E-state index contributed by atoms with van der Waals surface area (Å²) < 4.78 is 5.54. The van der Waals surface area contributed by atoms with Gasteiger partial charge in [0.05, 0.1) is 6.61 Å². The molecule has 2 N–H and O–H groups in total.